The van der Waals surface area contributed by atoms with Crippen molar-refractivity contribution in [1.82, 2.24) is 0 Å². The van der Waals surface area contributed by atoms with Crippen LogP contribution in [-0.4, -0.2) is 39.4 Å². The Hall–Kier alpha value is 0.130. The molecule has 0 aromatic heterocycles. The van der Waals surface area contributed by atoms with E-state index < -0.39 is 0 Å². The third-order valence-corrected chi connectivity index (χ3v) is 11.8. The second kappa shape index (κ2) is 7.18. The first-order chi connectivity index (χ1) is 12.3. The number of fused-ring (bicyclic) bond motifs is 3. The molecule has 0 aromatic rings. The van der Waals surface area contributed by atoms with Gasteiger partial charge in [-0.05, 0) is 49.4 Å². The third kappa shape index (κ3) is 3.14. The minimum absolute atomic E-state index is 0.0527. The smallest absolute Gasteiger partial charge is 0.302 e. The van der Waals surface area contributed by atoms with Crippen LogP contribution < -0.4 is 0 Å². The minimum Gasteiger partial charge on any atom is -0.462 e. The maximum absolute atomic E-state index is 11.8. The molecular formula is C21H34O3S2. The summed E-state index contributed by atoms with van der Waals surface area (Å²) < 4.78 is 6.39. The Bertz CT molecular complexity index is 549. The number of aliphatic hydroxyl groups excluding tert-OH is 1. The van der Waals surface area contributed by atoms with Gasteiger partial charge in [0.05, 0.1) is 10.7 Å². The molecule has 3 saturated carbocycles. The monoisotopic (exact) mass is 398 g/mol. The number of esters is 1. The summed E-state index contributed by atoms with van der Waals surface area (Å²) in [5, 5.41) is 11.3. The summed E-state index contributed by atoms with van der Waals surface area (Å²) in [4.78, 5) is 11.8. The number of rotatable bonds is 2. The Kier molecular flexibility index (Phi) is 5.37. The summed E-state index contributed by atoms with van der Waals surface area (Å²) in [5.41, 5.74) is 0.251. The summed E-state index contributed by atoms with van der Waals surface area (Å²) in [6.07, 6.45) is 7.92. The van der Waals surface area contributed by atoms with Crippen molar-refractivity contribution in [1.29, 1.82) is 0 Å². The molecule has 4 fully saturated rings. The lowest BCUT2D eigenvalue weighted by atomic mass is 9.46. The number of aliphatic hydroxyl groups is 1. The molecule has 26 heavy (non-hydrogen) atoms. The Morgan fingerprint density at radius 3 is 2.54 bits per heavy atom. The number of thioether (sulfide) groups is 2. The topological polar surface area (TPSA) is 46.5 Å². The number of hydrogen-bond acceptors (Lipinski definition) is 5. The quantitative estimate of drug-likeness (QED) is 0.682. The van der Waals surface area contributed by atoms with E-state index in [1.165, 1.54) is 37.2 Å². The summed E-state index contributed by atoms with van der Waals surface area (Å²) in [6.45, 7) is 6.33. The van der Waals surface area contributed by atoms with E-state index in [0.717, 1.165) is 19.3 Å². The molecule has 1 saturated heterocycles. The highest BCUT2D eigenvalue weighted by Gasteiger charge is 2.60. The predicted octanol–water partition coefficient (Wildman–Crippen LogP) is 4.72. The maximum Gasteiger partial charge on any atom is 0.302 e. The Balaban J connectivity index is 1.65. The van der Waals surface area contributed by atoms with Crippen LogP contribution in [0.1, 0.15) is 65.7 Å². The van der Waals surface area contributed by atoms with E-state index in [4.69, 9.17) is 4.74 Å². The van der Waals surface area contributed by atoms with Crippen molar-refractivity contribution in [3.8, 4) is 0 Å². The van der Waals surface area contributed by atoms with E-state index in [1.54, 1.807) is 6.92 Å². The molecule has 0 unspecified atom stereocenters. The Morgan fingerprint density at radius 1 is 1.12 bits per heavy atom. The zero-order valence-corrected chi connectivity index (χ0v) is 18.0. The molecule has 1 N–H and O–H groups in total. The summed E-state index contributed by atoms with van der Waals surface area (Å²) in [7, 11) is 0. The second-order valence-electron chi connectivity index (χ2n) is 9.64. The van der Waals surface area contributed by atoms with Crippen molar-refractivity contribution in [3.05, 3.63) is 0 Å². The lowest BCUT2D eigenvalue weighted by Gasteiger charge is -2.61. The zero-order valence-electron chi connectivity index (χ0n) is 16.4. The molecule has 148 valence electrons. The maximum atomic E-state index is 11.8. The van der Waals surface area contributed by atoms with Crippen LogP contribution in [0, 0.1) is 28.6 Å². The first kappa shape index (κ1) is 19.4. The van der Waals surface area contributed by atoms with Crippen LogP contribution in [0.25, 0.3) is 0 Å². The Morgan fingerprint density at radius 2 is 1.85 bits per heavy atom. The fourth-order valence-corrected chi connectivity index (χ4v) is 10.1. The van der Waals surface area contributed by atoms with E-state index in [9.17, 15) is 9.90 Å². The van der Waals surface area contributed by atoms with E-state index >= 15 is 0 Å². The summed E-state index contributed by atoms with van der Waals surface area (Å²) >= 11 is 4.05. The molecule has 4 aliphatic rings. The molecule has 1 heterocycles. The van der Waals surface area contributed by atoms with Crippen molar-refractivity contribution in [3.63, 3.8) is 0 Å². The average molecular weight is 399 g/mol. The average Bonchev–Trinajstić information content (AvgIpc) is 3.12. The van der Waals surface area contributed by atoms with E-state index in [0.29, 0.717) is 27.8 Å². The zero-order chi connectivity index (χ0) is 18.5. The van der Waals surface area contributed by atoms with E-state index in [1.807, 2.05) is 23.5 Å². The van der Waals surface area contributed by atoms with Gasteiger partial charge in [-0.1, -0.05) is 26.7 Å². The molecule has 0 aromatic carbocycles. The second-order valence-corrected chi connectivity index (χ2v) is 12.4. The van der Waals surface area contributed by atoms with Crippen molar-refractivity contribution >= 4 is 29.5 Å². The highest BCUT2D eigenvalue weighted by molar-refractivity contribution is 8.20. The van der Waals surface area contributed by atoms with Gasteiger partial charge in [-0.15, -0.1) is 23.5 Å². The molecule has 7 atom stereocenters. The van der Waals surface area contributed by atoms with Gasteiger partial charge in [-0.3, -0.25) is 4.79 Å². The van der Waals surface area contributed by atoms with Gasteiger partial charge in [0.15, 0.2) is 0 Å². The highest BCUT2D eigenvalue weighted by atomic mass is 32.2. The number of ether oxygens (including phenoxy) is 1. The van der Waals surface area contributed by atoms with Crippen molar-refractivity contribution in [2.24, 2.45) is 28.6 Å². The van der Waals surface area contributed by atoms with Gasteiger partial charge in [0.25, 0.3) is 0 Å². The molecule has 4 rings (SSSR count). The largest absolute Gasteiger partial charge is 0.462 e. The van der Waals surface area contributed by atoms with Crippen molar-refractivity contribution in [2.75, 3.05) is 11.5 Å². The van der Waals surface area contributed by atoms with Gasteiger partial charge >= 0.3 is 5.97 Å². The molecule has 3 nitrogen and oxygen atoms in total. The van der Waals surface area contributed by atoms with Gasteiger partial charge in [-0.25, -0.2) is 0 Å². The first-order valence-electron chi connectivity index (χ1n) is 10.4. The fourth-order valence-electron chi connectivity index (χ4n) is 6.72. The molecule has 1 aliphatic heterocycles. The van der Waals surface area contributed by atoms with Crippen LogP contribution in [0.2, 0.25) is 0 Å². The predicted molar refractivity (Wildman–Crippen MR) is 109 cm³/mol. The van der Waals surface area contributed by atoms with E-state index in [-0.39, 0.29) is 23.6 Å². The molecule has 3 aliphatic carbocycles. The minimum atomic E-state index is -0.234. The van der Waals surface area contributed by atoms with E-state index in [2.05, 4.69) is 13.8 Å². The third-order valence-electron chi connectivity index (χ3n) is 8.20. The highest BCUT2D eigenvalue weighted by Crippen LogP contribution is 2.64. The standard InChI is InChI=1S/C21H34O3S2/c1-13(22)24-17-10-14-6-4-5-7-20(14,2)16-11-18(23)21(3,12-15(16)17)19-25-8-9-26-19/h14-19,23H,4-12H2,1-3H3/t14-,15-,16-,17-,18+,20-,21+/m0/s1. The lowest BCUT2D eigenvalue weighted by molar-refractivity contribution is -0.186. The fraction of sp³-hybridized carbons (Fsp3) is 0.952. The van der Waals surface area contributed by atoms with Gasteiger partial charge in [0, 0.05) is 29.8 Å². The number of carbonyl (C=O) groups excluding carboxylic acids is 1. The van der Waals surface area contributed by atoms with Crippen LogP contribution in [0.5, 0.6) is 0 Å². The normalized spacial score (nSPS) is 49.3. The van der Waals surface area contributed by atoms with Gasteiger partial charge < -0.3 is 9.84 Å². The van der Waals surface area contributed by atoms with Crippen LogP contribution in [-0.2, 0) is 9.53 Å². The SMILES string of the molecule is CC(=O)O[C@H]1C[C@@H]2CCCC[C@]2(C)[C@H]2C[C@@H](O)[C@](C)(C3SCCS3)C[C@H]12. The van der Waals surface area contributed by atoms with Crippen molar-refractivity contribution < 1.29 is 14.6 Å². The Labute approximate surface area is 166 Å². The van der Waals surface area contributed by atoms with Crippen LogP contribution in [0.3, 0.4) is 0 Å². The summed E-state index contributed by atoms with van der Waals surface area (Å²) in [5.74, 6) is 3.80. The number of hydrogen-bond donors (Lipinski definition) is 1. The molecule has 0 bridgehead atoms. The van der Waals surface area contributed by atoms with Crippen LogP contribution >= 0.6 is 23.5 Å². The van der Waals surface area contributed by atoms with Gasteiger partial charge in [0.1, 0.15) is 6.10 Å². The van der Waals surface area contributed by atoms with Gasteiger partial charge in [-0.2, -0.15) is 0 Å². The molecule has 0 radical (unpaired) electrons. The molecule has 0 spiro atoms. The van der Waals surface area contributed by atoms with Crippen molar-refractivity contribution in [2.45, 2.75) is 82.5 Å². The molecular weight excluding hydrogens is 364 g/mol. The summed E-state index contributed by atoms with van der Waals surface area (Å²) in [6, 6.07) is 0. The lowest BCUT2D eigenvalue weighted by Crippen LogP contribution is -2.59. The first-order valence-corrected chi connectivity index (χ1v) is 12.5. The molecule has 0 amide bonds. The molecule has 5 heteroatoms. The van der Waals surface area contributed by atoms with Crippen LogP contribution in [0.15, 0.2) is 0 Å². The number of carbonyl (C=O) groups is 1. The van der Waals surface area contributed by atoms with Crippen LogP contribution in [0.4, 0.5) is 0 Å². The van der Waals surface area contributed by atoms with Gasteiger partial charge in [0.2, 0.25) is 0 Å².